The van der Waals surface area contributed by atoms with Gasteiger partial charge < -0.3 is 9.73 Å². The second kappa shape index (κ2) is 7.39. The predicted octanol–water partition coefficient (Wildman–Crippen LogP) is 4.82. The molecule has 0 unspecified atom stereocenters. The minimum absolute atomic E-state index is 0.295. The summed E-state index contributed by atoms with van der Waals surface area (Å²) in [4.78, 5) is 14.6. The fourth-order valence-electron chi connectivity index (χ4n) is 2.69. The zero-order valence-corrected chi connectivity index (χ0v) is 14.2. The van der Waals surface area contributed by atoms with Gasteiger partial charge in [-0.1, -0.05) is 29.6 Å². The molecule has 0 aliphatic carbocycles. The first kappa shape index (κ1) is 16.4. The topological polar surface area (TPSA) is 45.5 Å². The van der Waals surface area contributed by atoms with Crippen LogP contribution in [0.5, 0.6) is 0 Å². The van der Waals surface area contributed by atoms with Gasteiger partial charge in [0.1, 0.15) is 5.76 Å². The number of nitrogens with one attached hydrogen (secondary N) is 1. The lowest BCUT2D eigenvalue weighted by atomic mass is 10.1. The molecule has 1 aliphatic rings. The highest BCUT2D eigenvalue weighted by atomic mass is 35.5. The molecule has 2 aromatic rings. The van der Waals surface area contributed by atoms with E-state index in [1.165, 1.54) is 19.3 Å². The van der Waals surface area contributed by atoms with Gasteiger partial charge in [0, 0.05) is 5.69 Å². The Morgan fingerprint density at radius 1 is 1.09 bits per heavy atom. The Labute approximate surface area is 145 Å². The molecule has 0 radical (unpaired) electrons. The molecule has 23 heavy (non-hydrogen) atoms. The summed E-state index contributed by atoms with van der Waals surface area (Å²) in [6.07, 6.45) is 3.75. The average molecular weight is 353 g/mol. The summed E-state index contributed by atoms with van der Waals surface area (Å²) in [6, 6.07) is 8.51. The maximum atomic E-state index is 12.2. The van der Waals surface area contributed by atoms with E-state index < -0.39 is 0 Å². The predicted molar refractivity (Wildman–Crippen MR) is 92.3 cm³/mol. The van der Waals surface area contributed by atoms with Crippen molar-refractivity contribution in [2.75, 3.05) is 18.4 Å². The van der Waals surface area contributed by atoms with Crippen molar-refractivity contribution in [2.24, 2.45) is 0 Å². The van der Waals surface area contributed by atoms with Crippen LogP contribution in [0.15, 0.2) is 34.7 Å². The molecule has 1 N–H and O–H groups in total. The van der Waals surface area contributed by atoms with Crippen molar-refractivity contribution < 1.29 is 9.21 Å². The van der Waals surface area contributed by atoms with E-state index in [2.05, 4.69) is 10.2 Å². The van der Waals surface area contributed by atoms with Crippen LogP contribution in [0.25, 0.3) is 0 Å². The molecule has 0 saturated carbocycles. The van der Waals surface area contributed by atoms with Crippen molar-refractivity contribution in [1.82, 2.24) is 4.90 Å². The molecular formula is C17H18Cl2N2O2. The Hall–Kier alpha value is -1.49. The first-order valence-corrected chi connectivity index (χ1v) is 8.45. The van der Waals surface area contributed by atoms with E-state index in [4.69, 9.17) is 27.6 Å². The highest BCUT2D eigenvalue weighted by Gasteiger charge is 2.15. The number of anilines is 1. The van der Waals surface area contributed by atoms with Gasteiger partial charge in [0.05, 0.1) is 16.6 Å². The SMILES string of the molecule is O=C(Nc1ccc(Cl)c(Cl)c1)c1ccc(CN2CCCCC2)o1. The number of carbonyl (C=O) groups excluding carboxylic acids is 1. The number of hydrogen-bond donors (Lipinski definition) is 1. The van der Waals surface area contributed by atoms with E-state index in [9.17, 15) is 4.79 Å². The monoisotopic (exact) mass is 352 g/mol. The Bertz CT molecular complexity index is 694. The fourth-order valence-corrected chi connectivity index (χ4v) is 2.99. The van der Waals surface area contributed by atoms with Gasteiger partial charge in [-0.2, -0.15) is 0 Å². The minimum atomic E-state index is -0.298. The third-order valence-corrected chi connectivity index (χ3v) is 4.63. The lowest BCUT2D eigenvalue weighted by molar-refractivity contribution is 0.0992. The summed E-state index contributed by atoms with van der Waals surface area (Å²) in [7, 11) is 0. The second-order valence-corrected chi connectivity index (χ2v) is 6.50. The van der Waals surface area contributed by atoms with E-state index in [1.54, 1.807) is 24.3 Å². The van der Waals surface area contributed by atoms with Crippen molar-refractivity contribution in [3.8, 4) is 0 Å². The van der Waals surface area contributed by atoms with Gasteiger partial charge in [-0.15, -0.1) is 0 Å². The number of likely N-dealkylation sites (tertiary alicyclic amines) is 1. The maximum Gasteiger partial charge on any atom is 0.291 e. The molecule has 0 atom stereocenters. The molecule has 1 aliphatic heterocycles. The van der Waals surface area contributed by atoms with Crippen LogP contribution in [0.3, 0.4) is 0 Å². The number of amides is 1. The average Bonchev–Trinajstić information content (AvgIpc) is 3.00. The third kappa shape index (κ3) is 4.28. The smallest absolute Gasteiger partial charge is 0.291 e. The van der Waals surface area contributed by atoms with Crippen LogP contribution < -0.4 is 5.32 Å². The highest BCUT2D eigenvalue weighted by molar-refractivity contribution is 6.42. The van der Waals surface area contributed by atoms with Crippen molar-refractivity contribution in [3.63, 3.8) is 0 Å². The molecule has 122 valence electrons. The molecule has 1 fully saturated rings. The normalized spacial score (nSPS) is 15.6. The van der Waals surface area contributed by atoms with Gasteiger partial charge >= 0.3 is 0 Å². The molecule has 1 saturated heterocycles. The van der Waals surface area contributed by atoms with E-state index in [-0.39, 0.29) is 5.91 Å². The van der Waals surface area contributed by atoms with Crippen LogP contribution in [0.4, 0.5) is 5.69 Å². The van der Waals surface area contributed by atoms with Gasteiger partial charge in [-0.05, 0) is 56.3 Å². The van der Waals surface area contributed by atoms with Gasteiger partial charge in [-0.25, -0.2) is 0 Å². The summed E-state index contributed by atoms with van der Waals surface area (Å²) in [5, 5.41) is 3.60. The summed E-state index contributed by atoms with van der Waals surface area (Å²) in [5.74, 6) is 0.808. The zero-order valence-electron chi connectivity index (χ0n) is 12.6. The van der Waals surface area contributed by atoms with Crippen molar-refractivity contribution in [1.29, 1.82) is 0 Å². The Morgan fingerprint density at radius 2 is 1.87 bits per heavy atom. The number of furan rings is 1. The van der Waals surface area contributed by atoms with Crippen LogP contribution in [-0.4, -0.2) is 23.9 Å². The van der Waals surface area contributed by atoms with Gasteiger partial charge in [0.15, 0.2) is 5.76 Å². The van der Waals surface area contributed by atoms with Crippen molar-refractivity contribution >= 4 is 34.8 Å². The molecule has 4 nitrogen and oxygen atoms in total. The van der Waals surface area contributed by atoms with E-state index in [1.807, 2.05) is 6.07 Å². The van der Waals surface area contributed by atoms with Crippen LogP contribution in [0, 0.1) is 0 Å². The summed E-state index contributed by atoms with van der Waals surface area (Å²) >= 11 is 11.8. The lowest BCUT2D eigenvalue weighted by Gasteiger charge is -2.25. The molecule has 1 aromatic heterocycles. The number of benzene rings is 1. The van der Waals surface area contributed by atoms with Gasteiger partial charge in [0.2, 0.25) is 0 Å². The molecular weight excluding hydrogens is 335 g/mol. The van der Waals surface area contributed by atoms with Crippen LogP contribution in [-0.2, 0) is 6.54 Å². The molecule has 1 amide bonds. The maximum absolute atomic E-state index is 12.2. The number of nitrogens with zero attached hydrogens (tertiary/aromatic N) is 1. The Balaban J connectivity index is 1.62. The lowest BCUT2D eigenvalue weighted by Crippen LogP contribution is -2.28. The summed E-state index contributed by atoms with van der Waals surface area (Å²) in [6.45, 7) is 2.93. The Kier molecular flexibility index (Phi) is 5.26. The van der Waals surface area contributed by atoms with Crippen molar-refractivity contribution in [3.05, 3.63) is 51.9 Å². The third-order valence-electron chi connectivity index (χ3n) is 3.89. The number of hydrogen-bond acceptors (Lipinski definition) is 3. The van der Waals surface area contributed by atoms with Crippen molar-refractivity contribution in [2.45, 2.75) is 25.8 Å². The van der Waals surface area contributed by atoms with Gasteiger partial charge in [-0.3, -0.25) is 9.69 Å². The number of carbonyl (C=O) groups is 1. The fraction of sp³-hybridized carbons (Fsp3) is 0.353. The number of rotatable bonds is 4. The second-order valence-electron chi connectivity index (χ2n) is 5.69. The van der Waals surface area contributed by atoms with E-state index in [0.29, 0.717) is 21.5 Å². The molecule has 6 heteroatoms. The largest absolute Gasteiger partial charge is 0.455 e. The molecule has 2 heterocycles. The summed E-state index contributed by atoms with van der Waals surface area (Å²) < 4.78 is 5.66. The molecule has 3 rings (SSSR count). The molecule has 1 aromatic carbocycles. The standard InChI is InChI=1S/C17H18Cl2N2O2/c18-14-6-4-12(10-15(14)19)20-17(22)16-7-5-13(23-16)11-21-8-2-1-3-9-21/h4-7,10H,1-3,8-9,11H2,(H,20,22). The van der Waals surface area contributed by atoms with Crippen LogP contribution in [0.1, 0.15) is 35.6 Å². The van der Waals surface area contributed by atoms with Crippen LogP contribution >= 0.6 is 23.2 Å². The van der Waals surface area contributed by atoms with E-state index in [0.717, 1.165) is 25.4 Å². The Morgan fingerprint density at radius 3 is 2.61 bits per heavy atom. The molecule has 0 spiro atoms. The number of halogens is 2. The molecule has 0 bridgehead atoms. The van der Waals surface area contributed by atoms with Crippen LogP contribution in [0.2, 0.25) is 10.0 Å². The first-order chi connectivity index (χ1) is 11.1. The van der Waals surface area contributed by atoms with E-state index >= 15 is 0 Å². The number of piperidine rings is 1. The van der Waals surface area contributed by atoms with Gasteiger partial charge in [0.25, 0.3) is 5.91 Å². The minimum Gasteiger partial charge on any atom is -0.455 e. The zero-order chi connectivity index (χ0) is 16.2. The summed E-state index contributed by atoms with van der Waals surface area (Å²) in [5.41, 5.74) is 0.582. The highest BCUT2D eigenvalue weighted by Crippen LogP contribution is 2.25. The quantitative estimate of drug-likeness (QED) is 0.857. The first-order valence-electron chi connectivity index (χ1n) is 7.69.